The second kappa shape index (κ2) is 8.08. The topological polar surface area (TPSA) is 65.1 Å². The van der Waals surface area contributed by atoms with E-state index in [1.165, 1.54) is 0 Å². The van der Waals surface area contributed by atoms with Gasteiger partial charge in [0.2, 0.25) is 5.13 Å². The van der Waals surface area contributed by atoms with E-state index in [-0.39, 0.29) is 5.91 Å². The SMILES string of the molecule is O=C(c1cc2ccccc2[nH]1)N1CCN(c2nnc(Cc3ccc(Cl)cc3)s2)CC1. The highest BCUT2D eigenvalue weighted by atomic mass is 35.5. The number of H-pyrrole nitrogens is 1. The summed E-state index contributed by atoms with van der Waals surface area (Å²) in [5, 5.41) is 12.4. The molecule has 1 amide bonds. The lowest BCUT2D eigenvalue weighted by molar-refractivity contribution is 0.0742. The van der Waals surface area contributed by atoms with E-state index in [0.717, 1.165) is 51.1 Å². The Morgan fingerprint density at radius 2 is 1.80 bits per heavy atom. The summed E-state index contributed by atoms with van der Waals surface area (Å²) in [4.78, 5) is 20.2. The molecule has 4 aromatic rings. The molecule has 152 valence electrons. The van der Waals surface area contributed by atoms with Gasteiger partial charge in [-0.3, -0.25) is 4.79 Å². The van der Waals surface area contributed by atoms with Crippen LogP contribution in [0.3, 0.4) is 0 Å². The summed E-state index contributed by atoms with van der Waals surface area (Å²) >= 11 is 7.56. The maximum absolute atomic E-state index is 12.9. The fourth-order valence-corrected chi connectivity index (χ4v) is 4.73. The van der Waals surface area contributed by atoms with Crippen LogP contribution in [0.25, 0.3) is 10.9 Å². The number of halogens is 1. The van der Waals surface area contributed by atoms with E-state index in [4.69, 9.17) is 11.6 Å². The zero-order valence-electron chi connectivity index (χ0n) is 16.2. The molecule has 3 heterocycles. The highest BCUT2D eigenvalue weighted by Gasteiger charge is 2.25. The summed E-state index contributed by atoms with van der Waals surface area (Å²) in [5.74, 6) is 0.0477. The van der Waals surface area contributed by atoms with Gasteiger partial charge in [-0.1, -0.05) is 53.3 Å². The van der Waals surface area contributed by atoms with Crippen LogP contribution in [-0.4, -0.2) is 52.2 Å². The predicted octanol–water partition coefficient (Wildman–Crippen LogP) is 4.23. The molecular weight excluding hydrogens is 418 g/mol. The van der Waals surface area contributed by atoms with Crippen molar-refractivity contribution in [3.63, 3.8) is 0 Å². The van der Waals surface area contributed by atoms with Crippen LogP contribution < -0.4 is 4.90 Å². The molecule has 8 heteroatoms. The molecule has 0 unspecified atom stereocenters. The largest absolute Gasteiger partial charge is 0.351 e. The standard InChI is InChI=1S/C22H20ClN5OS/c23-17-7-5-15(6-8-17)13-20-25-26-22(30-20)28-11-9-27(10-12-28)21(29)19-14-16-3-1-2-4-18(16)24-19/h1-8,14,24H,9-13H2. The highest BCUT2D eigenvalue weighted by Crippen LogP contribution is 2.24. The molecule has 1 aliphatic heterocycles. The molecule has 1 fully saturated rings. The molecule has 2 aromatic carbocycles. The number of nitrogens with one attached hydrogen (secondary N) is 1. The highest BCUT2D eigenvalue weighted by molar-refractivity contribution is 7.15. The van der Waals surface area contributed by atoms with Crippen molar-refractivity contribution in [3.8, 4) is 0 Å². The van der Waals surface area contributed by atoms with Gasteiger partial charge in [0, 0.05) is 48.5 Å². The summed E-state index contributed by atoms with van der Waals surface area (Å²) in [5.41, 5.74) is 2.79. The van der Waals surface area contributed by atoms with E-state index in [0.29, 0.717) is 18.8 Å². The number of fused-ring (bicyclic) bond motifs is 1. The Labute approximate surface area is 183 Å². The van der Waals surface area contributed by atoms with Gasteiger partial charge in [-0.05, 0) is 29.8 Å². The van der Waals surface area contributed by atoms with E-state index < -0.39 is 0 Å². The van der Waals surface area contributed by atoms with Crippen molar-refractivity contribution in [2.45, 2.75) is 6.42 Å². The summed E-state index contributed by atoms with van der Waals surface area (Å²) < 4.78 is 0. The van der Waals surface area contributed by atoms with Gasteiger partial charge < -0.3 is 14.8 Å². The lowest BCUT2D eigenvalue weighted by atomic mass is 10.2. The second-order valence-corrected chi connectivity index (χ2v) is 8.81. The molecule has 0 spiro atoms. The molecule has 1 saturated heterocycles. The maximum atomic E-state index is 12.9. The van der Waals surface area contributed by atoms with E-state index in [1.807, 2.05) is 59.5 Å². The fourth-order valence-electron chi connectivity index (χ4n) is 3.68. The van der Waals surface area contributed by atoms with Crippen molar-refractivity contribution in [1.29, 1.82) is 0 Å². The first-order chi connectivity index (χ1) is 14.7. The van der Waals surface area contributed by atoms with Crippen LogP contribution in [0.1, 0.15) is 21.1 Å². The third kappa shape index (κ3) is 3.91. The smallest absolute Gasteiger partial charge is 0.270 e. The van der Waals surface area contributed by atoms with E-state index in [9.17, 15) is 4.79 Å². The van der Waals surface area contributed by atoms with Crippen molar-refractivity contribution < 1.29 is 4.79 Å². The van der Waals surface area contributed by atoms with Gasteiger partial charge in [-0.2, -0.15) is 0 Å². The summed E-state index contributed by atoms with van der Waals surface area (Å²) in [7, 11) is 0. The van der Waals surface area contributed by atoms with Crippen LogP contribution in [-0.2, 0) is 6.42 Å². The molecule has 5 rings (SSSR count). The Bertz CT molecular complexity index is 1140. The first-order valence-corrected chi connectivity index (χ1v) is 11.0. The van der Waals surface area contributed by atoms with Gasteiger partial charge in [0.15, 0.2) is 0 Å². The molecule has 1 N–H and O–H groups in total. The summed E-state index contributed by atoms with van der Waals surface area (Å²) in [6.07, 6.45) is 0.744. The average Bonchev–Trinajstić information content (AvgIpc) is 3.42. The number of piperazine rings is 1. The minimum absolute atomic E-state index is 0.0477. The van der Waals surface area contributed by atoms with Crippen molar-refractivity contribution in [1.82, 2.24) is 20.1 Å². The number of aromatic nitrogens is 3. The van der Waals surface area contributed by atoms with Crippen LogP contribution in [0.5, 0.6) is 0 Å². The molecule has 0 atom stereocenters. The number of para-hydroxylation sites is 1. The van der Waals surface area contributed by atoms with Crippen molar-refractivity contribution >= 4 is 44.9 Å². The molecule has 0 radical (unpaired) electrons. The van der Waals surface area contributed by atoms with E-state index in [1.54, 1.807) is 11.3 Å². The zero-order valence-corrected chi connectivity index (χ0v) is 17.8. The van der Waals surface area contributed by atoms with Crippen LogP contribution >= 0.6 is 22.9 Å². The Morgan fingerprint density at radius 1 is 1.03 bits per heavy atom. The van der Waals surface area contributed by atoms with E-state index in [2.05, 4.69) is 20.1 Å². The number of anilines is 1. The van der Waals surface area contributed by atoms with Gasteiger partial charge in [-0.25, -0.2) is 0 Å². The molecule has 2 aromatic heterocycles. The lowest BCUT2D eigenvalue weighted by Gasteiger charge is -2.34. The molecule has 0 bridgehead atoms. The number of nitrogens with zero attached hydrogens (tertiary/aromatic N) is 4. The Balaban J connectivity index is 1.21. The number of hydrogen-bond donors (Lipinski definition) is 1. The molecule has 0 aliphatic carbocycles. The molecule has 1 aliphatic rings. The molecule has 6 nitrogen and oxygen atoms in total. The summed E-state index contributed by atoms with van der Waals surface area (Å²) in [6.45, 7) is 2.84. The second-order valence-electron chi connectivity index (χ2n) is 7.33. The number of rotatable bonds is 4. The van der Waals surface area contributed by atoms with Crippen LogP contribution in [0.15, 0.2) is 54.6 Å². The zero-order chi connectivity index (χ0) is 20.5. The van der Waals surface area contributed by atoms with Gasteiger partial charge in [-0.15, -0.1) is 10.2 Å². The molecular formula is C22H20ClN5OS. The monoisotopic (exact) mass is 437 g/mol. The first kappa shape index (κ1) is 19.1. The first-order valence-electron chi connectivity index (χ1n) is 9.84. The third-order valence-electron chi connectivity index (χ3n) is 5.32. The quantitative estimate of drug-likeness (QED) is 0.519. The maximum Gasteiger partial charge on any atom is 0.270 e. The minimum atomic E-state index is 0.0477. The van der Waals surface area contributed by atoms with Gasteiger partial charge in [0.25, 0.3) is 5.91 Å². The van der Waals surface area contributed by atoms with Crippen LogP contribution in [0.4, 0.5) is 5.13 Å². The van der Waals surface area contributed by atoms with Gasteiger partial charge >= 0.3 is 0 Å². The number of hydrogen-bond acceptors (Lipinski definition) is 5. The minimum Gasteiger partial charge on any atom is -0.351 e. The predicted molar refractivity (Wildman–Crippen MR) is 121 cm³/mol. The number of amides is 1. The number of aromatic amines is 1. The van der Waals surface area contributed by atoms with Crippen molar-refractivity contribution in [2.24, 2.45) is 0 Å². The van der Waals surface area contributed by atoms with Crippen molar-refractivity contribution in [3.05, 3.63) is 75.9 Å². The molecule has 0 saturated carbocycles. The van der Waals surface area contributed by atoms with E-state index >= 15 is 0 Å². The lowest BCUT2D eigenvalue weighted by Crippen LogP contribution is -2.48. The average molecular weight is 438 g/mol. The Kier molecular flexibility index (Phi) is 5.14. The Morgan fingerprint density at radius 3 is 2.57 bits per heavy atom. The summed E-state index contributed by atoms with van der Waals surface area (Å²) in [6, 6.07) is 17.7. The number of benzene rings is 2. The number of carbonyl (C=O) groups excluding carboxylic acids is 1. The molecule has 30 heavy (non-hydrogen) atoms. The van der Waals surface area contributed by atoms with Gasteiger partial charge in [0.05, 0.1) is 0 Å². The number of carbonyl (C=O) groups is 1. The van der Waals surface area contributed by atoms with Crippen LogP contribution in [0.2, 0.25) is 5.02 Å². The Hall–Kier alpha value is -2.90. The van der Waals surface area contributed by atoms with Gasteiger partial charge in [0.1, 0.15) is 10.7 Å². The fraction of sp³-hybridized carbons (Fsp3) is 0.227. The normalized spacial score (nSPS) is 14.4. The van der Waals surface area contributed by atoms with Crippen molar-refractivity contribution in [2.75, 3.05) is 31.1 Å². The third-order valence-corrected chi connectivity index (χ3v) is 6.56. The van der Waals surface area contributed by atoms with Crippen LogP contribution in [0, 0.1) is 0 Å².